The molecule has 0 aliphatic rings. The minimum atomic E-state index is -0.146. The van der Waals surface area contributed by atoms with Crippen molar-refractivity contribution in [2.45, 2.75) is 0 Å². The lowest BCUT2D eigenvalue weighted by Gasteiger charge is -2.09. The van der Waals surface area contributed by atoms with Gasteiger partial charge in [0.05, 0.1) is 7.11 Å². The summed E-state index contributed by atoms with van der Waals surface area (Å²) in [7, 11) is 1.60. The number of nitrogens with one attached hydrogen (secondary N) is 1. The monoisotopic (exact) mass is 353 g/mol. The van der Waals surface area contributed by atoms with Crippen LogP contribution >= 0.6 is 0 Å². The molecule has 132 valence electrons. The lowest BCUT2D eigenvalue weighted by atomic mass is 9.97. The number of hydrogen-bond donors (Lipinski definition) is 1. The molecule has 0 radical (unpaired) electrons. The van der Waals surface area contributed by atoms with Crippen molar-refractivity contribution >= 4 is 22.4 Å². The first kappa shape index (κ1) is 16.9. The van der Waals surface area contributed by atoms with E-state index in [2.05, 4.69) is 35.6 Å². The van der Waals surface area contributed by atoms with Crippen molar-refractivity contribution < 1.29 is 9.53 Å². The molecule has 0 bridgehead atoms. The number of amides is 1. The molecule has 27 heavy (non-hydrogen) atoms. The molecule has 0 saturated heterocycles. The first-order valence-electron chi connectivity index (χ1n) is 8.78. The third kappa shape index (κ3) is 3.53. The molecule has 4 aromatic rings. The lowest BCUT2D eigenvalue weighted by Crippen LogP contribution is -2.11. The number of ether oxygens (including phenoxy) is 1. The summed E-state index contributed by atoms with van der Waals surface area (Å²) in [5, 5.41) is 5.31. The average Bonchev–Trinajstić information content (AvgIpc) is 2.73. The maximum absolute atomic E-state index is 12.5. The van der Waals surface area contributed by atoms with Crippen molar-refractivity contribution in [3.63, 3.8) is 0 Å². The van der Waals surface area contributed by atoms with E-state index in [1.54, 1.807) is 13.2 Å². The Balaban J connectivity index is 1.59. The van der Waals surface area contributed by atoms with E-state index in [1.807, 2.05) is 54.6 Å². The van der Waals surface area contributed by atoms with Gasteiger partial charge in [-0.1, -0.05) is 60.7 Å². The summed E-state index contributed by atoms with van der Waals surface area (Å²) in [6, 6.07) is 29.6. The van der Waals surface area contributed by atoms with E-state index >= 15 is 0 Å². The number of fused-ring (bicyclic) bond motifs is 1. The summed E-state index contributed by atoms with van der Waals surface area (Å²) in [4.78, 5) is 12.5. The van der Waals surface area contributed by atoms with Gasteiger partial charge in [0.15, 0.2) is 0 Å². The van der Waals surface area contributed by atoms with Crippen molar-refractivity contribution in [3.05, 3.63) is 96.6 Å². The Morgan fingerprint density at radius 2 is 1.56 bits per heavy atom. The quantitative estimate of drug-likeness (QED) is 0.506. The van der Waals surface area contributed by atoms with Crippen LogP contribution in [0, 0.1) is 0 Å². The largest absolute Gasteiger partial charge is 0.497 e. The molecule has 0 fully saturated rings. The molecule has 4 aromatic carbocycles. The second-order valence-electron chi connectivity index (χ2n) is 6.29. The summed E-state index contributed by atoms with van der Waals surface area (Å²) in [5.74, 6) is 0.562. The Morgan fingerprint density at radius 1 is 0.815 bits per heavy atom. The Hall–Kier alpha value is -3.59. The number of hydrogen-bond acceptors (Lipinski definition) is 2. The smallest absolute Gasteiger partial charge is 0.255 e. The highest BCUT2D eigenvalue weighted by Crippen LogP contribution is 2.28. The fourth-order valence-corrected chi connectivity index (χ4v) is 3.18. The van der Waals surface area contributed by atoms with Crippen LogP contribution in [-0.2, 0) is 0 Å². The highest BCUT2D eigenvalue weighted by molar-refractivity contribution is 6.05. The van der Waals surface area contributed by atoms with Gasteiger partial charge in [-0.3, -0.25) is 4.79 Å². The van der Waals surface area contributed by atoms with Crippen LogP contribution in [0.25, 0.3) is 21.9 Å². The zero-order valence-corrected chi connectivity index (χ0v) is 15.0. The van der Waals surface area contributed by atoms with Gasteiger partial charge in [-0.2, -0.15) is 0 Å². The molecule has 3 nitrogen and oxygen atoms in total. The van der Waals surface area contributed by atoms with Gasteiger partial charge in [-0.25, -0.2) is 0 Å². The van der Waals surface area contributed by atoms with Crippen molar-refractivity contribution in [2.24, 2.45) is 0 Å². The van der Waals surface area contributed by atoms with Crippen molar-refractivity contribution in [2.75, 3.05) is 12.4 Å². The topological polar surface area (TPSA) is 38.3 Å². The molecule has 1 amide bonds. The number of benzene rings is 4. The summed E-state index contributed by atoms with van der Waals surface area (Å²) < 4.78 is 5.19. The number of rotatable bonds is 4. The molecule has 0 aliphatic carbocycles. The standard InChI is InChI=1S/C24H19NO2/c1-27-21-9-5-8-20(16-21)25-24(26)19-14-12-18(13-15-19)23-11-4-7-17-6-2-3-10-22(17)23/h2-16H,1H3,(H,25,26). The molecule has 0 unspecified atom stereocenters. The Kier molecular flexibility index (Phi) is 4.58. The van der Waals surface area contributed by atoms with Crippen LogP contribution in [-0.4, -0.2) is 13.0 Å². The third-order valence-corrected chi connectivity index (χ3v) is 4.58. The van der Waals surface area contributed by atoms with Gasteiger partial charge >= 0.3 is 0 Å². The first-order valence-corrected chi connectivity index (χ1v) is 8.78. The first-order chi connectivity index (χ1) is 13.2. The summed E-state index contributed by atoms with van der Waals surface area (Å²) >= 11 is 0. The number of carbonyl (C=O) groups excluding carboxylic acids is 1. The van der Waals surface area contributed by atoms with Crippen molar-refractivity contribution in [1.29, 1.82) is 0 Å². The Bertz CT molecular complexity index is 1100. The third-order valence-electron chi connectivity index (χ3n) is 4.58. The summed E-state index contributed by atoms with van der Waals surface area (Å²) in [6.07, 6.45) is 0. The number of methoxy groups -OCH3 is 1. The predicted molar refractivity (Wildman–Crippen MR) is 110 cm³/mol. The second kappa shape index (κ2) is 7.34. The maximum atomic E-state index is 12.5. The molecule has 0 aliphatic heterocycles. The molecule has 1 N–H and O–H groups in total. The SMILES string of the molecule is COc1cccc(NC(=O)c2ccc(-c3cccc4ccccc34)cc2)c1. The van der Waals surface area contributed by atoms with Gasteiger partial charge in [-0.15, -0.1) is 0 Å². The van der Waals surface area contributed by atoms with Crippen LogP contribution in [0.2, 0.25) is 0 Å². The predicted octanol–water partition coefficient (Wildman–Crippen LogP) is 5.77. The zero-order chi connectivity index (χ0) is 18.6. The number of anilines is 1. The molecule has 0 atom stereocenters. The normalized spacial score (nSPS) is 10.6. The molecule has 0 saturated carbocycles. The van der Waals surface area contributed by atoms with E-state index in [4.69, 9.17) is 4.74 Å². The molecule has 3 heteroatoms. The summed E-state index contributed by atoms with van der Waals surface area (Å²) in [5.41, 5.74) is 3.57. The summed E-state index contributed by atoms with van der Waals surface area (Å²) in [6.45, 7) is 0. The van der Waals surface area contributed by atoms with Gasteiger partial charge in [0.25, 0.3) is 5.91 Å². The second-order valence-corrected chi connectivity index (χ2v) is 6.29. The highest BCUT2D eigenvalue weighted by Gasteiger charge is 2.08. The minimum absolute atomic E-state index is 0.146. The van der Waals surface area contributed by atoms with E-state index in [-0.39, 0.29) is 5.91 Å². The van der Waals surface area contributed by atoms with E-state index in [1.165, 1.54) is 10.8 Å². The molecule has 0 heterocycles. The van der Waals surface area contributed by atoms with Gasteiger partial charge in [0, 0.05) is 17.3 Å². The van der Waals surface area contributed by atoms with E-state index in [0.717, 1.165) is 11.1 Å². The van der Waals surface area contributed by atoms with Crippen LogP contribution in [0.5, 0.6) is 5.75 Å². The Morgan fingerprint density at radius 3 is 2.37 bits per heavy atom. The van der Waals surface area contributed by atoms with E-state index in [9.17, 15) is 4.79 Å². The van der Waals surface area contributed by atoms with Gasteiger partial charge in [0.1, 0.15) is 5.75 Å². The van der Waals surface area contributed by atoms with Crippen LogP contribution < -0.4 is 10.1 Å². The number of carbonyl (C=O) groups is 1. The van der Waals surface area contributed by atoms with Crippen LogP contribution in [0.1, 0.15) is 10.4 Å². The van der Waals surface area contributed by atoms with E-state index < -0.39 is 0 Å². The molecule has 0 spiro atoms. The van der Waals surface area contributed by atoms with Crippen molar-refractivity contribution in [3.8, 4) is 16.9 Å². The van der Waals surface area contributed by atoms with E-state index in [0.29, 0.717) is 17.0 Å². The highest BCUT2D eigenvalue weighted by atomic mass is 16.5. The van der Waals surface area contributed by atoms with Crippen LogP contribution in [0.4, 0.5) is 5.69 Å². The fourth-order valence-electron chi connectivity index (χ4n) is 3.18. The fraction of sp³-hybridized carbons (Fsp3) is 0.0417. The van der Waals surface area contributed by atoms with Gasteiger partial charge in [-0.05, 0) is 46.2 Å². The lowest BCUT2D eigenvalue weighted by molar-refractivity contribution is 0.102. The van der Waals surface area contributed by atoms with Gasteiger partial charge < -0.3 is 10.1 Å². The molecular weight excluding hydrogens is 334 g/mol. The average molecular weight is 353 g/mol. The molecule has 0 aromatic heterocycles. The maximum Gasteiger partial charge on any atom is 0.255 e. The Labute approximate surface area is 158 Å². The van der Waals surface area contributed by atoms with Gasteiger partial charge in [0.2, 0.25) is 0 Å². The minimum Gasteiger partial charge on any atom is -0.497 e. The van der Waals surface area contributed by atoms with Crippen molar-refractivity contribution in [1.82, 2.24) is 0 Å². The molecular formula is C24H19NO2. The molecule has 4 rings (SSSR count). The zero-order valence-electron chi connectivity index (χ0n) is 15.0. The van der Waals surface area contributed by atoms with Crippen LogP contribution in [0.15, 0.2) is 91.0 Å². The van der Waals surface area contributed by atoms with Crippen LogP contribution in [0.3, 0.4) is 0 Å².